The molecule has 1 saturated heterocycles. The standard InChI is InChI=1S/C28H34N4O3/c1-3-19(2)24-16-26(24)31-28(33)30-25-10-11-27(23-7-5-4-6-22(23)25)35-21-9-8-20(29-17-21)18-32-12-14-34-15-13-32/h4-11,17,19,24,26H,3,12-16,18H2,1-2H3,(H2,30,31,33). The maximum Gasteiger partial charge on any atom is 0.319 e. The summed E-state index contributed by atoms with van der Waals surface area (Å²) in [6.07, 6.45) is 3.98. The van der Waals surface area contributed by atoms with Crippen LogP contribution in [0.15, 0.2) is 54.7 Å². The van der Waals surface area contributed by atoms with E-state index in [1.54, 1.807) is 6.20 Å². The minimum absolute atomic E-state index is 0.153. The number of fused-ring (bicyclic) bond motifs is 1. The molecule has 2 aromatic carbocycles. The molecule has 1 aliphatic heterocycles. The molecule has 2 heterocycles. The van der Waals surface area contributed by atoms with Gasteiger partial charge in [-0.05, 0) is 42.5 Å². The van der Waals surface area contributed by atoms with E-state index in [4.69, 9.17) is 9.47 Å². The first kappa shape index (κ1) is 23.6. The van der Waals surface area contributed by atoms with E-state index >= 15 is 0 Å². The van der Waals surface area contributed by atoms with Crippen LogP contribution in [0.1, 0.15) is 32.4 Å². The van der Waals surface area contributed by atoms with Gasteiger partial charge in [-0.2, -0.15) is 0 Å². The fraction of sp³-hybridized carbons (Fsp3) is 0.429. The minimum Gasteiger partial charge on any atom is -0.455 e. The molecule has 2 fully saturated rings. The van der Waals surface area contributed by atoms with Crippen molar-refractivity contribution in [1.29, 1.82) is 0 Å². The molecule has 3 aromatic rings. The molecule has 7 heteroatoms. The number of carbonyl (C=O) groups excluding carboxylic acids is 1. The summed E-state index contributed by atoms with van der Waals surface area (Å²) in [5.74, 6) is 2.64. The molecule has 2 amide bonds. The largest absolute Gasteiger partial charge is 0.455 e. The van der Waals surface area contributed by atoms with Crippen LogP contribution in [0, 0.1) is 11.8 Å². The Morgan fingerprint density at radius 3 is 2.69 bits per heavy atom. The van der Waals surface area contributed by atoms with Crippen molar-refractivity contribution in [2.24, 2.45) is 11.8 Å². The average molecular weight is 475 g/mol. The van der Waals surface area contributed by atoms with Gasteiger partial charge in [-0.3, -0.25) is 9.88 Å². The number of rotatable bonds is 8. The van der Waals surface area contributed by atoms with Crippen LogP contribution in [0.3, 0.4) is 0 Å². The van der Waals surface area contributed by atoms with E-state index < -0.39 is 0 Å². The second-order valence-corrected chi connectivity index (χ2v) is 9.62. The van der Waals surface area contributed by atoms with Crippen LogP contribution in [0.5, 0.6) is 11.5 Å². The SMILES string of the molecule is CCC(C)C1CC1NC(=O)Nc1ccc(Oc2ccc(CN3CCOCC3)nc2)c2ccccc12. The van der Waals surface area contributed by atoms with Crippen LogP contribution in [-0.2, 0) is 11.3 Å². The quantitative estimate of drug-likeness (QED) is 0.456. The van der Waals surface area contributed by atoms with E-state index in [0.29, 0.717) is 17.6 Å². The molecule has 0 radical (unpaired) electrons. The van der Waals surface area contributed by atoms with Gasteiger partial charge in [0, 0.05) is 36.4 Å². The van der Waals surface area contributed by atoms with Crippen molar-refractivity contribution < 1.29 is 14.3 Å². The third-order valence-electron chi connectivity index (χ3n) is 7.18. The van der Waals surface area contributed by atoms with Crippen LogP contribution < -0.4 is 15.4 Å². The lowest BCUT2D eigenvalue weighted by molar-refractivity contribution is 0.0336. The Morgan fingerprint density at radius 2 is 1.94 bits per heavy atom. The first-order valence-electron chi connectivity index (χ1n) is 12.6. The normalized spacial score (nSPS) is 20.9. The van der Waals surface area contributed by atoms with Crippen molar-refractivity contribution in [2.45, 2.75) is 39.3 Å². The van der Waals surface area contributed by atoms with Crippen LogP contribution in [-0.4, -0.2) is 48.3 Å². The number of pyridine rings is 1. The number of hydrogen-bond acceptors (Lipinski definition) is 5. The number of aromatic nitrogens is 1. The number of ether oxygens (including phenoxy) is 2. The Labute approximate surface area is 206 Å². The van der Waals surface area contributed by atoms with Crippen LogP contribution in [0.2, 0.25) is 0 Å². The summed E-state index contributed by atoms with van der Waals surface area (Å²) >= 11 is 0. The number of nitrogens with zero attached hydrogens (tertiary/aromatic N) is 2. The molecule has 3 atom stereocenters. The van der Waals surface area contributed by atoms with Crippen molar-refractivity contribution in [3.05, 3.63) is 60.4 Å². The summed E-state index contributed by atoms with van der Waals surface area (Å²) in [5.41, 5.74) is 1.78. The van der Waals surface area contributed by atoms with Gasteiger partial charge >= 0.3 is 6.03 Å². The third-order valence-corrected chi connectivity index (χ3v) is 7.18. The number of urea groups is 1. The van der Waals surface area contributed by atoms with Gasteiger partial charge in [0.2, 0.25) is 0 Å². The summed E-state index contributed by atoms with van der Waals surface area (Å²) in [5, 5.41) is 8.03. The van der Waals surface area contributed by atoms with E-state index in [9.17, 15) is 4.79 Å². The number of carbonyl (C=O) groups is 1. The molecule has 2 N–H and O–H groups in total. The molecular formula is C28H34N4O3. The second kappa shape index (κ2) is 10.6. The zero-order valence-corrected chi connectivity index (χ0v) is 20.5. The molecule has 5 rings (SSSR count). The topological polar surface area (TPSA) is 75.7 Å². The fourth-order valence-corrected chi connectivity index (χ4v) is 4.79. The molecule has 184 valence electrons. The summed E-state index contributed by atoms with van der Waals surface area (Å²) in [7, 11) is 0. The lowest BCUT2D eigenvalue weighted by Gasteiger charge is -2.26. The maximum absolute atomic E-state index is 12.6. The van der Waals surface area contributed by atoms with Crippen LogP contribution >= 0.6 is 0 Å². The monoisotopic (exact) mass is 474 g/mol. The molecule has 2 aliphatic rings. The smallest absolute Gasteiger partial charge is 0.319 e. The maximum atomic E-state index is 12.6. The summed E-state index contributed by atoms with van der Waals surface area (Å²) in [6.45, 7) is 8.69. The van der Waals surface area contributed by atoms with E-state index in [2.05, 4.69) is 34.4 Å². The van der Waals surface area contributed by atoms with Crippen LogP contribution in [0.25, 0.3) is 10.8 Å². The molecule has 3 unspecified atom stereocenters. The number of benzene rings is 2. The molecular weight excluding hydrogens is 440 g/mol. The van der Waals surface area contributed by atoms with Gasteiger partial charge < -0.3 is 20.1 Å². The van der Waals surface area contributed by atoms with Crippen molar-refractivity contribution in [1.82, 2.24) is 15.2 Å². The van der Waals surface area contributed by atoms with E-state index in [0.717, 1.165) is 73.6 Å². The van der Waals surface area contributed by atoms with Gasteiger partial charge in [-0.1, -0.05) is 44.5 Å². The van der Waals surface area contributed by atoms with Crippen molar-refractivity contribution in [3.8, 4) is 11.5 Å². The van der Waals surface area contributed by atoms with Gasteiger partial charge in [-0.15, -0.1) is 0 Å². The summed E-state index contributed by atoms with van der Waals surface area (Å²) in [6, 6.07) is 15.8. The highest BCUT2D eigenvalue weighted by Gasteiger charge is 2.41. The number of amides is 2. The Hall–Kier alpha value is -3.16. The molecule has 1 aromatic heterocycles. The first-order chi connectivity index (χ1) is 17.1. The highest BCUT2D eigenvalue weighted by Crippen LogP contribution is 2.39. The molecule has 0 bridgehead atoms. The Balaban J connectivity index is 1.25. The van der Waals surface area contributed by atoms with E-state index in [1.165, 1.54) is 0 Å². The van der Waals surface area contributed by atoms with Gasteiger partial charge in [0.05, 0.1) is 30.8 Å². The molecule has 35 heavy (non-hydrogen) atoms. The molecule has 0 spiro atoms. The lowest BCUT2D eigenvalue weighted by atomic mass is 10.0. The molecule has 7 nitrogen and oxygen atoms in total. The first-order valence-corrected chi connectivity index (χ1v) is 12.6. The van der Waals surface area contributed by atoms with Crippen molar-refractivity contribution in [3.63, 3.8) is 0 Å². The fourth-order valence-electron chi connectivity index (χ4n) is 4.79. The zero-order valence-electron chi connectivity index (χ0n) is 20.5. The predicted octanol–water partition coefficient (Wildman–Crippen LogP) is 5.42. The highest BCUT2D eigenvalue weighted by atomic mass is 16.5. The average Bonchev–Trinajstić information content (AvgIpc) is 3.65. The Kier molecular flexibility index (Phi) is 7.16. The lowest BCUT2D eigenvalue weighted by Crippen LogP contribution is -2.35. The van der Waals surface area contributed by atoms with Gasteiger partial charge in [0.25, 0.3) is 0 Å². The third kappa shape index (κ3) is 5.74. The van der Waals surface area contributed by atoms with Gasteiger partial charge in [0.1, 0.15) is 11.5 Å². The predicted molar refractivity (Wildman–Crippen MR) is 138 cm³/mol. The highest BCUT2D eigenvalue weighted by molar-refractivity contribution is 6.04. The zero-order chi connectivity index (χ0) is 24.2. The molecule has 1 saturated carbocycles. The van der Waals surface area contributed by atoms with Crippen molar-refractivity contribution >= 4 is 22.5 Å². The number of anilines is 1. The molecule has 1 aliphatic carbocycles. The number of nitrogens with one attached hydrogen (secondary N) is 2. The van der Waals surface area contributed by atoms with Crippen molar-refractivity contribution in [2.75, 3.05) is 31.6 Å². The van der Waals surface area contributed by atoms with Crippen LogP contribution in [0.4, 0.5) is 10.5 Å². The second-order valence-electron chi connectivity index (χ2n) is 9.62. The van der Waals surface area contributed by atoms with Gasteiger partial charge in [-0.25, -0.2) is 4.79 Å². The Morgan fingerprint density at radius 1 is 1.14 bits per heavy atom. The summed E-state index contributed by atoms with van der Waals surface area (Å²) in [4.78, 5) is 19.6. The van der Waals surface area contributed by atoms with E-state index in [-0.39, 0.29) is 12.1 Å². The Bertz CT molecular complexity index is 1160. The number of morpholine rings is 1. The van der Waals surface area contributed by atoms with E-state index in [1.807, 2.05) is 48.5 Å². The van der Waals surface area contributed by atoms with Gasteiger partial charge in [0.15, 0.2) is 0 Å². The minimum atomic E-state index is -0.153. The summed E-state index contributed by atoms with van der Waals surface area (Å²) < 4.78 is 11.6. The number of hydrogen-bond donors (Lipinski definition) is 2.